The van der Waals surface area contributed by atoms with E-state index in [4.69, 9.17) is 5.73 Å². The van der Waals surface area contributed by atoms with E-state index in [0.29, 0.717) is 18.0 Å². The third-order valence-electron chi connectivity index (χ3n) is 4.45. The fraction of sp³-hybridized carbons (Fsp3) is 0.368. The molecule has 2 aromatic rings. The molecule has 110 valence electrons. The fourth-order valence-corrected chi connectivity index (χ4v) is 3.36. The molecule has 2 aromatic carbocycles. The smallest absolute Gasteiger partial charge is 0.0348 e. The molecule has 0 aliphatic heterocycles. The number of hydrogen-bond donors (Lipinski definition) is 2. The van der Waals surface area contributed by atoms with Gasteiger partial charge in [-0.15, -0.1) is 0 Å². The molecule has 0 spiro atoms. The number of fused-ring (bicyclic) bond motifs is 1. The molecular formula is C19H24N2. The van der Waals surface area contributed by atoms with E-state index in [9.17, 15) is 0 Å². The minimum Gasteiger partial charge on any atom is -0.399 e. The average Bonchev–Trinajstić information content (AvgIpc) is 2.87. The van der Waals surface area contributed by atoms with Crippen LogP contribution in [0.25, 0.3) is 0 Å². The first-order valence-corrected chi connectivity index (χ1v) is 7.84. The molecule has 3 N–H and O–H groups in total. The van der Waals surface area contributed by atoms with Gasteiger partial charge in [0.05, 0.1) is 0 Å². The van der Waals surface area contributed by atoms with Crippen molar-refractivity contribution >= 4 is 5.69 Å². The Bertz CT molecular complexity index is 604. The summed E-state index contributed by atoms with van der Waals surface area (Å²) >= 11 is 0. The quantitative estimate of drug-likeness (QED) is 0.822. The number of nitrogens with two attached hydrogens (primary N) is 1. The molecule has 0 radical (unpaired) electrons. The van der Waals surface area contributed by atoms with Gasteiger partial charge in [0, 0.05) is 17.8 Å². The predicted octanol–water partition coefficient (Wildman–Crippen LogP) is 4.24. The van der Waals surface area contributed by atoms with E-state index in [1.807, 2.05) is 6.07 Å². The number of anilines is 1. The zero-order chi connectivity index (χ0) is 14.8. The van der Waals surface area contributed by atoms with Crippen LogP contribution in [0.4, 0.5) is 5.69 Å². The van der Waals surface area contributed by atoms with Crippen molar-refractivity contribution in [3.63, 3.8) is 0 Å². The van der Waals surface area contributed by atoms with Crippen molar-refractivity contribution in [1.82, 2.24) is 5.32 Å². The van der Waals surface area contributed by atoms with E-state index in [1.54, 1.807) is 0 Å². The molecule has 0 saturated heterocycles. The van der Waals surface area contributed by atoms with Gasteiger partial charge in [-0.1, -0.05) is 50.2 Å². The van der Waals surface area contributed by atoms with Crippen LogP contribution in [0.2, 0.25) is 0 Å². The molecule has 2 heteroatoms. The van der Waals surface area contributed by atoms with Crippen molar-refractivity contribution < 1.29 is 0 Å². The molecule has 21 heavy (non-hydrogen) atoms. The number of hydrogen-bond acceptors (Lipinski definition) is 2. The van der Waals surface area contributed by atoms with Gasteiger partial charge in [0.15, 0.2) is 0 Å². The van der Waals surface area contributed by atoms with Crippen molar-refractivity contribution in [2.24, 2.45) is 5.92 Å². The molecule has 2 nitrogen and oxygen atoms in total. The summed E-state index contributed by atoms with van der Waals surface area (Å²) in [7, 11) is 0. The third kappa shape index (κ3) is 2.96. The van der Waals surface area contributed by atoms with E-state index in [1.165, 1.54) is 16.7 Å². The topological polar surface area (TPSA) is 38.0 Å². The second kappa shape index (κ2) is 5.90. The molecule has 0 bridgehead atoms. The summed E-state index contributed by atoms with van der Waals surface area (Å²) in [5.74, 6) is 0.560. The van der Waals surface area contributed by atoms with Gasteiger partial charge in [-0.2, -0.15) is 0 Å². The van der Waals surface area contributed by atoms with Gasteiger partial charge in [0.1, 0.15) is 0 Å². The first-order chi connectivity index (χ1) is 10.1. The Balaban J connectivity index is 1.83. The Morgan fingerprint density at radius 1 is 1.10 bits per heavy atom. The summed E-state index contributed by atoms with van der Waals surface area (Å²) in [6, 6.07) is 17.9. The van der Waals surface area contributed by atoms with E-state index >= 15 is 0 Å². The van der Waals surface area contributed by atoms with E-state index in [-0.39, 0.29) is 0 Å². The van der Waals surface area contributed by atoms with Crippen LogP contribution in [-0.2, 0) is 6.42 Å². The van der Waals surface area contributed by atoms with Crippen molar-refractivity contribution in [2.75, 3.05) is 5.73 Å². The molecule has 2 atom stereocenters. The van der Waals surface area contributed by atoms with Crippen molar-refractivity contribution in [3.05, 3.63) is 65.2 Å². The highest BCUT2D eigenvalue weighted by Gasteiger charge is 2.26. The van der Waals surface area contributed by atoms with Crippen molar-refractivity contribution in [3.8, 4) is 0 Å². The zero-order valence-electron chi connectivity index (χ0n) is 12.8. The molecule has 0 heterocycles. The highest BCUT2D eigenvalue weighted by molar-refractivity contribution is 5.47. The Morgan fingerprint density at radius 2 is 1.86 bits per heavy atom. The minimum absolute atomic E-state index is 0.389. The van der Waals surface area contributed by atoms with Crippen LogP contribution in [0.5, 0.6) is 0 Å². The lowest BCUT2D eigenvalue weighted by molar-refractivity contribution is 0.361. The maximum Gasteiger partial charge on any atom is 0.0348 e. The maximum absolute atomic E-state index is 5.90. The SMILES string of the molecule is CC(C)C(NC1CCc2cc(N)ccc21)c1ccccc1. The largest absolute Gasteiger partial charge is 0.399 e. The lowest BCUT2D eigenvalue weighted by Crippen LogP contribution is -2.28. The third-order valence-corrected chi connectivity index (χ3v) is 4.45. The Labute approximate surface area is 127 Å². The summed E-state index contributed by atoms with van der Waals surface area (Å²) in [6.07, 6.45) is 2.28. The van der Waals surface area contributed by atoms with Gasteiger partial charge in [-0.25, -0.2) is 0 Å². The van der Waals surface area contributed by atoms with Crippen LogP contribution in [0.15, 0.2) is 48.5 Å². The normalized spacial score (nSPS) is 18.7. The van der Waals surface area contributed by atoms with Crippen molar-refractivity contribution in [1.29, 1.82) is 0 Å². The predicted molar refractivity (Wildman–Crippen MR) is 89.1 cm³/mol. The Hall–Kier alpha value is -1.80. The van der Waals surface area contributed by atoms with Crippen LogP contribution in [0, 0.1) is 5.92 Å². The maximum atomic E-state index is 5.90. The monoisotopic (exact) mass is 280 g/mol. The molecule has 3 rings (SSSR count). The molecular weight excluding hydrogens is 256 g/mol. The van der Waals surface area contributed by atoms with Gasteiger partial charge < -0.3 is 11.1 Å². The second-order valence-corrected chi connectivity index (χ2v) is 6.35. The first-order valence-electron chi connectivity index (χ1n) is 7.84. The van der Waals surface area contributed by atoms with Gasteiger partial charge in [-0.05, 0) is 47.6 Å². The molecule has 2 unspecified atom stereocenters. The number of nitrogens with one attached hydrogen (secondary N) is 1. The first kappa shape index (κ1) is 14.2. The number of aryl methyl sites for hydroxylation is 1. The van der Waals surface area contributed by atoms with Crippen molar-refractivity contribution in [2.45, 2.75) is 38.8 Å². The summed E-state index contributed by atoms with van der Waals surface area (Å²) < 4.78 is 0. The van der Waals surface area contributed by atoms with Gasteiger partial charge in [-0.3, -0.25) is 0 Å². The highest BCUT2D eigenvalue weighted by atomic mass is 15.0. The number of rotatable bonds is 4. The van der Waals surface area contributed by atoms with Crippen LogP contribution in [0.1, 0.15) is 49.0 Å². The molecule has 0 aromatic heterocycles. The van der Waals surface area contributed by atoms with E-state index in [0.717, 1.165) is 18.5 Å². The molecule has 1 aliphatic rings. The second-order valence-electron chi connectivity index (χ2n) is 6.35. The van der Waals surface area contributed by atoms with Crippen LogP contribution in [-0.4, -0.2) is 0 Å². The fourth-order valence-electron chi connectivity index (χ4n) is 3.36. The summed E-state index contributed by atoms with van der Waals surface area (Å²) in [5, 5.41) is 3.87. The lowest BCUT2D eigenvalue weighted by atomic mass is 9.94. The standard InChI is InChI=1S/C19H24N2/c1-13(2)19(14-6-4-3-5-7-14)21-18-11-8-15-12-16(20)9-10-17(15)18/h3-7,9-10,12-13,18-19,21H,8,11,20H2,1-2H3. The Morgan fingerprint density at radius 3 is 2.57 bits per heavy atom. The van der Waals surface area contributed by atoms with Gasteiger partial charge in [0.25, 0.3) is 0 Å². The van der Waals surface area contributed by atoms with E-state index < -0.39 is 0 Å². The van der Waals surface area contributed by atoms with Gasteiger partial charge >= 0.3 is 0 Å². The summed E-state index contributed by atoms with van der Waals surface area (Å²) in [5.41, 5.74) is 11.0. The highest BCUT2D eigenvalue weighted by Crippen LogP contribution is 2.35. The molecule has 0 amide bonds. The molecule has 0 fully saturated rings. The number of benzene rings is 2. The summed E-state index contributed by atoms with van der Waals surface area (Å²) in [4.78, 5) is 0. The minimum atomic E-state index is 0.389. The molecule has 0 saturated carbocycles. The van der Waals surface area contributed by atoms with Crippen LogP contribution < -0.4 is 11.1 Å². The zero-order valence-corrected chi connectivity index (χ0v) is 12.8. The Kier molecular flexibility index (Phi) is 3.98. The van der Waals surface area contributed by atoms with Crippen LogP contribution in [0.3, 0.4) is 0 Å². The van der Waals surface area contributed by atoms with Crippen LogP contribution >= 0.6 is 0 Å². The molecule has 1 aliphatic carbocycles. The number of nitrogen functional groups attached to an aromatic ring is 1. The van der Waals surface area contributed by atoms with Gasteiger partial charge in [0.2, 0.25) is 0 Å². The summed E-state index contributed by atoms with van der Waals surface area (Å²) in [6.45, 7) is 4.56. The van der Waals surface area contributed by atoms with E-state index in [2.05, 4.69) is 61.6 Å². The lowest BCUT2D eigenvalue weighted by Gasteiger charge is -2.27. The average molecular weight is 280 g/mol.